The van der Waals surface area contributed by atoms with Crippen molar-refractivity contribution in [2.24, 2.45) is 0 Å². The first kappa shape index (κ1) is 19.7. The van der Waals surface area contributed by atoms with Crippen LogP contribution in [0, 0.1) is 12.7 Å². The van der Waals surface area contributed by atoms with E-state index in [2.05, 4.69) is 36.5 Å². The van der Waals surface area contributed by atoms with Crippen LogP contribution in [0.4, 0.5) is 4.39 Å². The number of rotatable bonds is 5. The molecule has 0 amide bonds. The summed E-state index contributed by atoms with van der Waals surface area (Å²) in [6.45, 7) is 23.2. The number of nitrogens with zero attached hydrogens (tertiary/aromatic N) is 2. The molecular weight excluding hydrogens is 349 g/mol. The molecular formula is C24H28FN3. The highest BCUT2D eigenvalue weighted by Crippen LogP contribution is 2.43. The highest BCUT2D eigenvalue weighted by atomic mass is 19.1. The van der Waals surface area contributed by atoms with E-state index in [4.69, 9.17) is 0 Å². The van der Waals surface area contributed by atoms with Crippen molar-refractivity contribution < 1.29 is 4.39 Å². The van der Waals surface area contributed by atoms with Gasteiger partial charge in [-0.05, 0) is 49.1 Å². The van der Waals surface area contributed by atoms with E-state index < -0.39 is 5.54 Å². The van der Waals surface area contributed by atoms with Crippen molar-refractivity contribution in [2.75, 3.05) is 6.54 Å². The minimum Gasteiger partial charge on any atom is -0.355 e. The van der Waals surface area contributed by atoms with Crippen molar-refractivity contribution in [2.45, 2.75) is 32.7 Å². The average molecular weight is 378 g/mol. The summed E-state index contributed by atoms with van der Waals surface area (Å²) in [5.74, 6) is 0.450. The van der Waals surface area contributed by atoms with Gasteiger partial charge in [0, 0.05) is 23.3 Å². The second kappa shape index (κ2) is 7.19. The predicted octanol–water partition coefficient (Wildman–Crippen LogP) is 5.43. The Morgan fingerprint density at radius 3 is 2.57 bits per heavy atom. The van der Waals surface area contributed by atoms with Crippen LogP contribution in [0.1, 0.15) is 31.4 Å². The smallest absolute Gasteiger partial charge is 0.126 e. The summed E-state index contributed by atoms with van der Waals surface area (Å²) >= 11 is 0. The van der Waals surface area contributed by atoms with E-state index in [1.165, 1.54) is 0 Å². The van der Waals surface area contributed by atoms with Gasteiger partial charge >= 0.3 is 0 Å². The van der Waals surface area contributed by atoms with Crippen LogP contribution in [0.15, 0.2) is 91.4 Å². The average Bonchev–Trinajstić information content (AvgIpc) is 2.91. The Morgan fingerprint density at radius 1 is 1.21 bits per heavy atom. The van der Waals surface area contributed by atoms with Crippen LogP contribution in [0.5, 0.6) is 0 Å². The van der Waals surface area contributed by atoms with Crippen LogP contribution in [-0.2, 0) is 5.54 Å². The van der Waals surface area contributed by atoms with Gasteiger partial charge in [0.15, 0.2) is 0 Å². The van der Waals surface area contributed by atoms with Crippen molar-refractivity contribution in [3.63, 3.8) is 0 Å². The quantitative estimate of drug-likeness (QED) is 0.738. The molecule has 2 heterocycles. The summed E-state index contributed by atoms with van der Waals surface area (Å²) in [5, 5.41) is 3.50. The molecule has 3 rings (SSSR count). The number of benzene rings is 1. The normalized spacial score (nSPS) is 21.9. The van der Waals surface area contributed by atoms with Crippen LogP contribution < -0.4 is 5.32 Å². The molecule has 1 aromatic carbocycles. The Balaban J connectivity index is 2.11. The van der Waals surface area contributed by atoms with E-state index in [-0.39, 0.29) is 5.82 Å². The number of hydrogen-bond donors (Lipinski definition) is 1. The molecule has 1 saturated heterocycles. The summed E-state index contributed by atoms with van der Waals surface area (Å²) in [6, 6.07) is 5.33. The molecule has 0 aliphatic carbocycles. The minimum atomic E-state index is -0.755. The Hall–Kier alpha value is -3.01. The third kappa shape index (κ3) is 3.09. The van der Waals surface area contributed by atoms with Crippen molar-refractivity contribution in [3.8, 4) is 0 Å². The van der Waals surface area contributed by atoms with Gasteiger partial charge in [-0.15, -0.1) is 0 Å². The third-order valence-corrected chi connectivity index (χ3v) is 5.60. The van der Waals surface area contributed by atoms with Crippen molar-refractivity contribution in [1.29, 1.82) is 0 Å². The first-order chi connectivity index (χ1) is 13.2. The van der Waals surface area contributed by atoms with E-state index in [0.717, 1.165) is 34.6 Å². The number of hydrogen-bond acceptors (Lipinski definition) is 3. The number of allylic oxidation sites excluding steroid dienone is 4. The second-order valence-electron chi connectivity index (χ2n) is 7.41. The zero-order valence-electron chi connectivity index (χ0n) is 17.0. The van der Waals surface area contributed by atoms with Crippen LogP contribution in [0.3, 0.4) is 0 Å². The fourth-order valence-corrected chi connectivity index (χ4v) is 3.69. The van der Waals surface area contributed by atoms with E-state index in [1.54, 1.807) is 19.1 Å². The standard InChI is InChI=1S/C24H28FN3/c1-8-18(4)28-20(6)24(26-21(28)7,22-12-11-17(3)23(25)14-22)15-27-13-9-10-16(2)19(27)5/h9-14,26H,4-8,15H2,1-3H3. The molecule has 0 saturated carbocycles. The fourth-order valence-electron chi connectivity index (χ4n) is 3.69. The van der Waals surface area contributed by atoms with Gasteiger partial charge in [-0.2, -0.15) is 0 Å². The predicted molar refractivity (Wildman–Crippen MR) is 114 cm³/mol. The highest BCUT2D eigenvalue weighted by molar-refractivity contribution is 5.46. The van der Waals surface area contributed by atoms with Gasteiger partial charge in [0.05, 0.1) is 6.54 Å². The van der Waals surface area contributed by atoms with Gasteiger partial charge in [-0.3, -0.25) is 0 Å². The first-order valence-corrected chi connectivity index (χ1v) is 9.43. The van der Waals surface area contributed by atoms with Crippen LogP contribution in [-0.4, -0.2) is 16.3 Å². The molecule has 0 aromatic heterocycles. The molecule has 1 aromatic rings. The summed E-state index contributed by atoms with van der Waals surface area (Å²) in [5.41, 5.74) is 4.31. The Bertz CT molecular complexity index is 937. The van der Waals surface area contributed by atoms with E-state index in [0.29, 0.717) is 17.9 Å². The minimum absolute atomic E-state index is 0.242. The van der Waals surface area contributed by atoms with Crippen LogP contribution in [0.25, 0.3) is 0 Å². The second-order valence-corrected chi connectivity index (χ2v) is 7.41. The number of halogens is 1. The molecule has 2 aliphatic rings. The molecule has 2 aliphatic heterocycles. The molecule has 146 valence electrons. The molecule has 0 spiro atoms. The monoisotopic (exact) mass is 377 g/mol. The largest absolute Gasteiger partial charge is 0.355 e. The van der Waals surface area contributed by atoms with Crippen molar-refractivity contribution in [1.82, 2.24) is 15.1 Å². The van der Waals surface area contributed by atoms with Gasteiger partial charge in [-0.25, -0.2) is 4.39 Å². The highest BCUT2D eigenvalue weighted by Gasteiger charge is 2.47. The number of aryl methyl sites for hydroxylation is 1. The third-order valence-electron chi connectivity index (χ3n) is 5.60. The number of nitrogens with one attached hydrogen (secondary N) is 1. The molecule has 4 heteroatoms. The van der Waals surface area contributed by atoms with E-state index in [1.807, 2.05) is 43.2 Å². The maximum absolute atomic E-state index is 14.5. The molecule has 1 N–H and O–H groups in total. The van der Waals surface area contributed by atoms with Gasteiger partial charge in [0.2, 0.25) is 0 Å². The lowest BCUT2D eigenvalue weighted by Gasteiger charge is -2.38. The fraction of sp³-hybridized carbons (Fsp3) is 0.250. The van der Waals surface area contributed by atoms with Crippen molar-refractivity contribution >= 4 is 0 Å². The van der Waals surface area contributed by atoms with Gasteiger partial charge in [0.25, 0.3) is 0 Å². The summed E-state index contributed by atoms with van der Waals surface area (Å²) < 4.78 is 14.5. The van der Waals surface area contributed by atoms with Gasteiger partial charge < -0.3 is 15.1 Å². The Kier molecular flexibility index (Phi) is 5.07. The molecule has 28 heavy (non-hydrogen) atoms. The molecule has 0 radical (unpaired) electrons. The summed E-state index contributed by atoms with van der Waals surface area (Å²) in [6.07, 6.45) is 6.76. The molecule has 1 fully saturated rings. The topological polar surface area (TPSA) is 18.5 Å². The van der Waals surface area contributed by atoms with Crippen molar-refractivity contribution in [3.05, 3.63) is 108 Å². The van der Waals surface area contributed by atoms with Crippen LogP contribution in [0.2, 0.25) is 0 Å². The lowest BCUT2D eigenvalue weighted by Crippen LogP contribution is -2.47. The first-order valence-electron chi connectivity index (χ1n) is 9.43. The molecule has 1 unspecified atom stereocenters. The van der Waals surface area contributed by atoms with Gasteiger partial charge in [0.1, 0.15) is 17.2 Å². The Morgan fingerprint density at radius 2 is 1.93 bits per heavy atom. The Labute approximate surface area is 167 Å². The summed E-state index contributed by atoms with van der Waals surface area (Å²) in [4.78, 5) is 4.01. The van der Waals surface area contributed by atoms with Gasteiger partial charge in [-0.1, -0.05) is 51.4 Å². The SMILES string of the molecule is C=C1C(C)=CC=CN1CC1(c2ccc(C)c(F)c2)NC(=C)N(C(=C)CC)C1=C. The zero-order valence-corrected chi connectivity index (χ0v) is 17.0. The molecule has 3 nitrogen and oxygen atoms in total. The summed E-state index contributed by atoms with van der Waals surface area (Å²) in [7, 11) is 0. The molecule has 0 bridgehead atoms. The van der Waals surface area contributed by atoms with E-state index >= 15 is 0 Å². The lowest BCUT2D eigenvalue weighted by atomic mass is 9.86. The lowest BCUT2D eigenvalue weighted by molar-refractivity contribution is 0.327. The van der Waals surface area contributed by atoms with E-state index in [9.17, 15) is 4.39 Å². The van der Waals surface area contributed by atoms with Crippen LogP contribution >= 0.6 is 0 Å². The zero-order chi connectivity index (χ0) is 20.6. The molecule has 1 atom stereocenters. The maximum atomic E-state index is 14.5. The maximum Gasteiger partial charge on any atom is 0.126 e.